The molecule has 4 aromatic rings. The van der Waals surface area contributed by atoms with Gasteiger partial charge in [0.1, 0.15) is 11.4 Å². The molecule has 2 heteroatoms. The highest BCUT2D eigenvalue weighted by molar-refractivity contribution is 5.82. The van der Waals surface area contributed by atoms with Crippen molar-refractivity contribution in [1.82, 2.24) is 0 Å². The highest BCUT2D eigenvalue weighted by Gasteiger charge is 2.46. The van der Waals surface area contributed by atoms with E-state index >= 15 is 0 Å². The van der Waals surface area contributed by atoms with Gasteiger partial charge < -0.3 is 0 Å². The fourth-order valence-corrected chi connectivity index (χ4v) is 4.99. The predicted octanol–water partition coefficient (Wildman–Crippen LogP) is 7.60. The van der Waals surface area contributed by atoms with Gasteiger partial charge in [-0.1, -0.05) is 84.9 Å². The fraction of sp³-hybridized carbons (Fsp3) is 0.194. The molecule has 2 atom stereocenters. The normalized spacial score (nSPS) is 17.8. The number of aryl methyl sites for hydroxylation is 4. The van der Waals surface area contributed by atoms with E-state index in [4.69, 9.17) is 0 Å². The topological polar surface area (TPSA) is 6.25 Å². The molecule has 4 aromatic carbocycles. The van der Waals surface area contributed by atoms with Crippen LogP contribution in [0.25, 0.3) is 0 Å². The Bertz CT molecular complexity index is 1310. The van der Waals surface area contributed by atoms with Gasteiger partial charge in [-0.15, -0.1) is 0 Å². The average molecular weight is 432 g/mol. The molecule has 0 amide bonds. The van der Waals surface area contributed by atoms with Crippen molar-refractivity contribution in [3.05, 3.63) is 130 Å². The molecule has 0 saturated heterocycles. The molecular formula is C31H31N2+. The first kappa shape index (κ1) is 21.2. The second kappa shape index (κ2) is 8.71. The number of rotatable bonds is 4. The predicted molar refractivity (Wildman–Crippen MR) is 139 cm³/mol. The molecule has 5 rings (SSSR count). The third kappa shape index (κ3) is 3.98. The lowest BCUT2D eigenvalue weighted by molar-refractivity contribution is -0.481. The van der Waals surface area contributed by atoms with E-state index in [2.05, 4.69) is 141 Å². The van der Waals surface area contributed by atoms with Crippen LogP contribution in [0.3, 0.4) is 0 Å². The van der Waals surface area contributed by atoms with Crippen LogP contribution in [0.2, 0.25) is 0 Å². The Labute approximate surface area is 197 Å². The van der Waals surface area contributed by atoms with Gasteiger partial charge in [0, 0.05) is 11.1 Å². The average Bonchev–Trinajstić information content (AvgIpc) is 3.23. The summed E-state index contributed by atoms with van der Waals surface area (Å²) in [7, 11) is 0. The number of hydrogen-bond donors (Lipinski definition) is 0. The summed E-state index contributed by atoms with van der Waals surface area (Å²) in [4.78, 5) is 2.48. The monoisotopic (exact) mass is 431 g/mol. The fourth-order valence-electron chi connectivity index (χ4n) is 4.99. The summed E-state index contributed by atoms with van der Waals surface area (Å²) in [6, 6.07) is 35.7. The van der Waals surface area contributed by atoms with E-state index in [9.17, 15) is 0 Å². The van der Waals surface area contributed by atoms with Crippen LogP contribution in [0, 0.1) is 27.7 Å². The Kier molecular flexibility index (Phi) is 5.60. The third-order valence-electron chi connectivity index (χ3n) is 6.72. The maximum absolute atomic E-state index is 2.48. The van der Waals surface area contributed by atoms with E-state index in [-0.39, 0.29) is 12.1 Å². The van der Waals surface area contributed by atoms with Gasteiger partial charge in [-0.25, -0.2) is 9.48 Å². The van der Waals surface area contributed by atoms with E-state index in [1.807, 2.05) is 0 Å². The minimum absolute atomic E-state index is 0.147. The summed E-state index contributed by atoms with van der Waals surface area (Å²) < 4.78 is 2.48. The highest BCUT2D eigenvalue weighted by Crippen LogP contribution is 2.46. The van der Waals surface area contributed by atoms with Crippen LogP contribution in [-0.4, -0.2) is 10.9 Å². The summed E-state index contributed by atoms with van der Waals surface area (Å²) in [5, 5.41) is 0. The van der Waals surface area contributed by atoms with E-state index in [0.29, 0.717) is 0 Å². The molecule has 33 heavy (non-hydrogen) atoms. The molecule has 0 spiro atoms. The molecule has 0 fully saturated rings. The zero-order chi connectivity index (χ0) is 22.9. The molecule has 1 heterocycles. The standard InChI is InChI=1S/C31H31N2/c1-22-15-17-24(3)28(19-22)32-21-33(29-20-23(2)16-18-25(29)4)31(27-13-9-6-10-14-27)30(32)26-11-7-5-8-12-26/h5-21,30-31H,1-4H3/q+1/t30-,31-/m0/s1. The van der Waals surface area contributed by atoms with Gasteiger partial charge in [-0.3, -0.25) is 0 Å². The molecule has 0 aliphatic carbocycles. The minimum Gasteiger partial charge on any atom is -0.222 e. The van der Waals surface area contributed by atoms with Gasteiger partial charge in [-0.2, -0.15) is 0 Å². The second-order valence-corrected chi connectivity index (χ2v) is 9.22. The van der Waals surface area contributed by atoms with Crippen molar-refractivity contribution in [3.8, 4) is 0 Å². The largest absolute Gasteiger partial charge is 0.245 e. The van der Waals surface area contributed by atoms with Crippen LogP contribution in [0.4, 0.5) is 11.4 Å². The first-order valence-corrected chi connectivity index (χ1v) is 11.7. The van der Waals surface area contributed by atoms with Gasteiger partial charge in [0.05, 0.1) is 0 Å². The number of anilines is 1. The number of nitrogens with zero attached hydrogens (tertiary/aromatic N) is 2. The molecule has 0 saturated carbocycles. The van der Waals surface area contributed by atoms with Gasteiger partial charge in [-0.05, 0) is 62.1 Å². The van der Waals surface area contributed by atoms with E-state index in [1.165, 1.54) is 44.8 Å². The molecule has 0 aromatic heterocycles. The Morgan fingerprint density at radius 1 is 0.606 bits per heavy atom. The van der Waals surface area contributed by atoms with Gasteiger partial charge in [0.2, 0.25) is 6.34 Å². The lowest BCUT2D eigenvalue weighted by atomic mass is 9.91. The van der Waals surface area contributed by atoms with Crippen molar-refractivity contribution in [3.63, 3.8) is 0 Å². The van der Waals surface area contributed by atoms with Crippen LogP contribution >= 0.6 is 0 Å². The van der Waals surface area contributed by atoms with Crippen LogP contribution in [0.1, 0.15) is 45.5 Å². The Morgan fingerprint density at radius 2 is 1.18 bits per heavy atom. The molecule has 0 bridgehead atoms. The molecule has 0 radical (unpaired) electrons. The Morgan fingerprint density at radius 3 is 1.85 bits per heavy atom. The van der Waals surface area contributed by atoms with Crippen LogP contribution in [0.15, 0.2) is 97.1 Å². The SMILES string of the molecule is Cc1ccc(C)c(N2C=[N+](c3cc(C)ccc3C)[C@@H](c3ccccc3)[C@@H]2c2ccccc2)c1. The van der Waals surface area contributed by atoms with E-state index in [1.54, 1.807) is 0 Å². The molecule has 0 N–H and O–H groups in total. The summed E-state index contributed by atoms with van der Waals surface area (Å²) in [5.41, 5.74) is 10.3. The third-order valence-corrected chi connectivity index (χ3v) is 6.72. The summed E-state index contributed by atoms with van der Waals surface area (Å²) in [6.07, 6.45) is 2.33. The lowest BCUT2D eigenvalue weighted by Crippen LogP contribution is -2.26. The van der Waals surface area contributed by atoms with E-state index < -0.39 is 0 Å². The molecule has 1 aliphatic rings. The summed E-state index contributed by atoms with van der Waals surface area (Å²) in [6.45, 7) is 8.77. The first-order chi connectivity index (χ1) is 16.0. The summed E-state index contributed by atoms with van der Waals surface area (Å²) in [5.74, 6) is 0. The van der Waals surface area contributed by atoms with E-state index in [0.717, 1.165) is 0 Å². The maximum atomic E-state index is 2.48. The Hall–Kier alpha value is -3.65. The van der Waals surface area contributed by atoms with Gasteiger partial charge >= 0.3 is 0 Å². The van der Waals surface area contributed by atoms with Crippen molar-refractivity contribution >= 4 is 17.7 Å². The first-order valence-electron chi connectivity index (χ1n) is 11.7. The van der Waals surface area contributed by atoms with Crippen molar-refractivity contribution in [2.75, 3.05) is 4.90 Å². The summed E-state index contributed by atoms with van der Waals surface area (Å²) >= 11 is 0. The van der Waals surface area contributed by atoms with Crippen LogP contribution in [0.5, 0.6) is 0 Å². The van der Waals surface area contributed by atoms with Crippen LogP contribution in [-0.2, 0) is 0 Å². The molecular weight excluding hydrogens is 400 g/mol. The minimum atomic E-state index is 0.147. The maximum Gasteiger partial charge on any atom is 0.245 e. The highest BCUT2D eigenvalue weighted by atomic mass is 15.3. The quantitative estimate of drug-likeness (QED) is 0.302. The molecule has 0 unspecified atom stereocenters. The zero-order valence-corrected chi connectivity index (χ0v) is 19.9. The van der Waals surface area contributed by atoms with Crippen molar-refractivity contribution in [1.29, 1.82) is 0 Å². The van der Waals surface area contributed by atoms with Crippen molar-refractivity contribution in [2.45, 2.75) is 39.8 Å². The Balaban J connectivity index is 1.79. The van der Waals surface area contributed by atoms with Gasteiger partial charge in [0.25, 0.3) is 0 Å². The van der Waals surface area contributed by atoms with Crippen LogP contribution < -0.4 is 4.90 Å². The second-order valence-electron chi connectivity index (χ2n) is 9.22. The molecule has 2 nitrogen and oxygen atoms in total. The molecule has 164 valence electrons. The van der Waals surface area contributed by atoms with Crippen molar-refractivity contribution < 1.29 is 4.58 Å². The van der Waals surface area contributed by atoms with Crippen molar-refractivity contribution in [2.24, 2.45) is 0 Å². The van der Waals surface area contributed by atoms with Gasteiger partial charge in [0.15, 0.2) is 12.1 Å². The zero-order valence-electron chi connectivity index (χ0n) is 19.9. The smallest absolute Gasteiger partial charge is 0.222 e. The number of hydrogen-bond acceptors (Lipinski definition) is 1. The lowest BCUT2D eigenvalue weighted by Gasteiger charge is -2.25. The number of benzene rings is 4. The molecule has 1 aliphatic heterocycles.